The summed E-state index contributed by atoms with van der Waals surface area (Å²) in [7, 11) is 0. The van der Waals surface area contributed by atoms with E-state index in [2.05, 4.69) is 36.1 Å². The van der Waals surface area contributed by atoms with Crippen LogP contribution in [-0.2, 0) is 11.2 Å². The van der Waals surface area contributed by atoms with E-state index in [4.69, 9.17) is 0 Å². The second kappa shape index (κ2) is 12.4. The number of carboxylic acids is 1. The van der Waals surface area contributed by atoms with Gasteiger partial charge in [-0.1, -0.05) is 76.1 Å². The summed E-state index contributed by atoms with van der Waals surface area (Å²) in [5.74, 6) is 1.67. The third-order valence-corrected chi connectivity index (χ3v) is 9.13. The highest BCUT2D eigenvalue weighted by atomic mass is 16.4. The molecule has 0 saturated heterocycles. The van der Waals surface area contributed by atoms with Crippen molar-refractivity contribution in [3.63, 3.8) is 0 Å². The van der Waals surface area contributed by atoms with Gasteiger partial charge in [-0.2, -0.15) is 0 Å². The Labute approximate surface area is 202 Å². The number of nitrogens with zero attached hydrogens (tertiary/aromatic N) is 1. The molecule has 184 valence electrons. The lowest BCUT2D eigenvalue weighted by atomic mass is 9.68. The van der Waals surface area contributed by atoms with Crippen LogP contribution in [0.5, 0.6) is 0 Å². The van der Waals surface area contributed by atoms with Crippen LogP contribution in [0.1, 0.15) is 114 Å². The van der Waals surface area contributed by atoms with E-state index in [-0.39, 0.29) is 5.92 Å². The molecule has 3 unspecified atom stereocenters. The summed E-state index contributed by atoms with van der Waals surface area (Å²) >= 11 is 0. The van der Waals surface area contributed by atoms with E-state index >= 15 is 0 Å². The molecule has 3 aliphatic carbocycles. The summed E-state index contributed by atoms with van der Waals surface area (Å²) in [5.41, 5.74) is 2.88. The minimum absolute atomic E-state index is 0.258. The van der Waals surface area contributed by atoms with Crippen molar-refractivity contribution in [1.82, 2.24) is 4.90 Å². The summed E-state index contributed by atoms with van der Waals surface area (Å²) in [5, 5.41) is 9.79. The molecule has 1 aromatic carbocycles. The van der Waals surface area contributed by atoms with Crippen LogP contribution in [-0.4, -0.2) is 35.1 Å². The van der Waals surface area contributed by atoms with Gasteiger partial charge in [-0.05, 0) is 73.8 Å². The number of carbonyl (C=O) groups is 1. The Bertz CT molecular complexity index is 715. The van der Waals surface area contributed by atoms with Crippen molar-refractivity contribution in [3.05, 3.63) is 35.4 Å². The Hall–Kier alpha value is -1.35. The van der Waals surface area contributed by atoms with Crippen LogP contribution in [0, 0.1) is 17.8 Å². The normalized spacial score (nSPS) is 27.6. The quantitative estimate of drug-likeness (QED) is 0.422. The lowest BCUT2D eigenvalue weighted by Crippen LogP contribution is -2.49. The van der Waals surface area contributed by atoms with E-state index in [0.29, 0.717) is 18.4 Å². The summed E-state index contributed by atoms with van der Waals surface area (Å²) in [6, 6.07) is 9.46. The number of aryl methyl sites for hydroxylation is 1. The molecule has 33 heavy (non-hydrogen) atoms. The van der Waals surface area contributed by atoms with E-state index in [1.54, 1.807) is 0 Å². The van der Waals surface area contributed by atoms with Crippen molar-refractivity contribution in [3.8, 4) is 0 Å². The highest BCUT2D eigenvalue weighted by Crippen LogP contribution is 2.44. The number of hydrogen-bond donors (Lipinski definition) is 1. The van der Waals surface area contributed by atoms with Gasteiger partial charge in [0.05, 0.1) is 0 Å². The van der Waals surface area contributed by atoms with E-state index < -0.39 is 5.97 Å². The zero-order valence-electron chi connectivity index (χ0n) is 21.0. The Morgan fingerprint density at radius 2 is 1.45 bits per heavy atom. The summed E-state index contributed by atoms with van der Waals surface area (Å²) in [6.45, 7) is 4.74. The van der Waals surface area contributed by atoms with Crippen LogP contribution in [0.4, 0.5) is 0 Å². The maximum absolute atomic E-state index is 11.9. The van der Waals surface area contributed by atoms with Gasteiger partial charge in [-0.25, -0.2) is 0 Å². The van der Waals surface area contributed by atoms with Crippen LogP contribution in [0.3, 0.4) is 0 Å². The molecule has 4 rings (SSSR count). The SMILES string of the molecule is CCc1ccccc1C1C(CC(=O)O)CCCC1N(CC1CCCCC1)CC1CCCCC1. The monoisotopic (exact) mass is 453 g/mol. The van der Waals surface area contributed by atoms with Gasteiger partial charge in [0.25, 0.3) is 0 Å². The molecule has 3 heteroatoms. The zero-order chi connectivity index (χ0) is 23.0. The fraction of sp³-hybridized carbons (Fsp3) is 0.767. The predicted molar refractivity (Wildman–Crippen MR) is 137 cm³/mol. The van der Waals surface area contributed by atoms with Gasteiger partial charge in [-0.15, -0.1) is 0 Å². The minimum Gasteiger partial charge on any atom is -0.481 e. The van der Waals surface area contributed by atoms with Crippen molar-refractivity contribution >= 4 is 5.97 Å². The average molecular weight is 454 g/mol. The average Bonchev–Trinajstić information content (AvgIpc) is 2.84. The maximum atomic E-state index is 11.9. The van der Waals surface area contributed by atoms with Crippen LogP contribution in [0.15, 0.2) is 24.3 Å². The van der Waals surface area contributed by atoms with Gasteiger partial charge in [-0.3, -0.25) is 9.69 Å². The number of hydrogen-bond acceptors (Lipinski definition) is 2. The van der Waals surface area contributed by atoms with Gasteiger partial charge >= 0.3 is 5.97 Å². The molecule has 3 saturated carbocycles. The first-order valence-electron chi connectivity index (χ1n) is 14.2. The molecule has 0 aromatic heterocycles. The third kappa shape index (κ3) is 6.62. The summed E-state index contributed by atoms with van der Waals surface area (Å²) in [6.07, 6.45) is 18.8. The maximum Gasteiger partial charge on any atom is 0.303 e. The van der Waals surface area contributed by atoms with Gasteiger partial charge in [0.1, 0.15) is 0 Å². The van der Waals surface area contributed by atoms with Gasteiger partial charge in [0.2, 0.25) is 0 Å². The predicted octanol–water partition coefficient (Wildman–Crippen LogP) is 7.44. The topological polar surface area (TPSA) is 40.5 Å². The molecule has 3 aliphatic rings. The lowest BCUT2D eigenvalue weighted by Gasteiger charge is -2.47. The highest BCUT2D eigenvalue weighted by molar-refractivity contribution is 5.67. The number of benzene rings is 1. The molecule has 1 N–H and O–H groups in total. The molecule has 0 aliphatic heterocycles. The fourth-order valence-corrected chi connectivity index (χ4v) is 7.52. The number of rotatable bonds is 9. The van der Waals surface area contributed by atoms with Crippen LogP contribution >= 0.6 is 0 Å². The van der Waals surface area contributed by atoms with Gasteiger partial charge in [0, 0.05) is 31.5 Å². The zero-order valence-corrected chi connectivity index (χ0v) is 21.0. The Morgan fingerprint density at radius 1 is 0.848 bits per heavy atom. The second-order valence-electron chi connectivity index (χ2n) is 11.4. The molecular formula is C30H47NO2. The Kier molecular flexibility index (Phi) is 9.29. The van der Waals surface area contributed by atoms with E-state index in [1.165, 1.54) is 101 Å². The smallest absolute Gasteiger partial charge is 0.303 e. The van der Waals surface area contributed by atoms with E-state index in [9.17, 15) is 9.90 Å². The van der Waals surface area contributed by atoms with Gasteiger partial charge in [0.15, 0.2) is 0 Å². The van der Waals surface area contributed by atoms with E-state index in [0.717, 1.165) is 24.7 Å². The van der Waals surface area contributed by atoms with Crippen LogP contribution in [0.2, 0.25) is 0 Å². The molecule has 3 atom stereocenters. The summed E-state index contributed by atoms with van der Waals surface area (Å²) < 4.78 is 0. The third-order valence-electron chi connectivity index (χ3n) is 9.13. The first-order valence-corrected chi connectivity index (χ1v) is 14.2. The van der Waals surface area contributed by atoms with Crippen molar-refractivity contribution in [2.45, 2.75) is 115 Å². The molecule has 3 nitrogen and oxygen atoms in total. The molecule has 0 bridgehead atoms. The molecule has 3 fully saturated rings. The standard InChI is InChI=1S/C30H47NO2/c1-2-25-16-9-10-18-27(25)30-26(20-29(32)33)17-11-19-28(30)31(21-23-12-5-3-6-13-23)22-24-14-7-4-8-15-24/h9-10,16,18,23-24,26,28,30H,2-8,11-15,17,19-22H2,1H3,(H,32,33). The van der Waals surface area contributed by atoms with Crippen LogP contribution in [0.25, 0.3) is 0 Å². The minimum atomic E-state index is -0.620. The second-order valence-corrected chi connectivity index (χ2v) is 11.4. The molecule has 0 amide bonds. The van der Waals surface area contributed by atoms with Crippen molar-refractivity contribution in [1.29, 1.82) is 0 Å². The Morgan fingerprint density at radius 3 is 2.03 bits per heavy atom. The van der Waals surface area contributed by atoms with Crippen molar-refractivity contribution in [2.24, 2.45) is 17.8 Å². The molecule has 1 aromatic rings. The Balaban J connectivity index is 1.64. The molecule has 0 radical (unpaired) electrons. The van der Waals surface area contributed by atoms with Crippen molar-refractivity contribution in [2.75, 3.05) is 13.1 Å². The first kappa shape index (κ1) is 24.8. The van der Waals surface area contributed by atoms with Crippen LogP contribution < -0.4 is 0 Å². The van der Waals surface area contributed by atoms with Gasteiger partial charge < -0.3 is 5.11 Å². The number of aliphatic carboxylic acids is 1. The molecule has 0 spiro atoms. The first-order chi connectivity index (χ1) is 16.2. The van der Waals surface area contributed by atoms with E-state index in [1.807, 2.05) is 0 Å². The molecular weight excluding hydrogens is 406 g/mol. The molecule has 0 heterocycles. The van der Waals surface area contributed by atoms with Crippen molar-refractivity contribution < 1.29 is 9.90 Å². The largest absolute Gasteiger partial charge is 0.481 e. The fourth-order valence-electron chi connectivity index (χ4n) is 7.52. The highest BCUT2D eigenvalue weighted by Gasteiger charge is 2.40. The summed E-state index contributed by atoms with van der Waals surface area (Å²) in [4.78, 5) is 14.8. The lowest BCUT2D eigenvalue weighted by molar-refractivity contribution is -0.138. The number of carboxylic acid groups (broad SMARTS) is 1.